The summed E-state index contributed by atoms with van der Waals surface area (Å²) >= 11 is 6.48. The lowest BCUT2D eigenvalue weighted by Crippen LogP contribution is -2.49. The Balaban J connectivity index is 1.81. The van der Waals surface area contributed by atoms with Gasteiger partial charge in [0.05, 0.1) is 22.4 Å². The Morgan fingerprint density at radius 2 is 1.73 bits per heavy atom. The zero-order chi connectivity index (χ0) is 35.9. The molecule has 14 heteroatoms. The molecule has 3 N–H and O–H groups in total. The lowest BCUT2D eigenvalue weighted by atomic mass is 9.92. The van der Waals surface area contributed by atoms with Crippen LogP contribution in [0, 0.1) is 10.8 Å². The van der Waals surface area contributed by atoms with E-state index in [4.69, 9.17) is 21.7 Å². The molecule has 0 bridgehead atoms. The molecule has 0 radical (unpaired) electrons. The molecule has 0 aliphatic heterocycles. The number of carbonyl (C=O) groups is 2. The van der Waals surface area contributed by atoms with Gasteiger partial charge in [0, 0.05) is 29.4 Å². The van der Waals surface area contributed by atoms with Crippen LogP contribution in [0.4, 0.5) is 13.6 Å². The summed E-state index contributed by atoms with van der Waals surface area (Å²) in [5, 5.41) is 18.9. The van der Waals surface area contributed by atoms with Crippen molar-refractivity contribution in [3.05, 3.63) is 95.2 Å². The molecule has 2 heterocycles. The second-order valence-corrected chi connectivity index (χ2v) is 14.0. The Morgan fingerprint density at radius 1 is 1.02 bits per heavy atom. The van der Waals surface area contributed by atoms with Crippen molar-refractivity contribution in [3.63, 3.8) is 0 Å². The van der Waals surface area contributed by atoms with Crippen LogP contribution in [0.25, 0.3) is 16.9 Å². The lowest BCUT2D eigenvalue weighted by Gasteiger charge is -2.33. The van der Waals surface area contributed by atoms with Crippen LogP contribution in [0.1, 0.15) is 82.2 Å². The van der Waals surface area contributed by atoms with E-state index in [-0.39, 0.29) is 27.6 Å². The molecule has 2 amide bonds. The first-order valence-corrected chi connectivity index (χ1v) is 16.0. The number of benzene rings is 2. The standard InChI is InChI=1S/C35H41ClF2N8O3/c1-34(2,3)16-18-41-32(39)45(31(47)23-12-10-22(11-13-23)26-9-7-8-17-40-26)28(20-49-33(48)44-35(4,5)6)24-14-15-25(36)27(19-24)46-30(29(37)38)42-21-43-46/h7-15,17,19,21,28-29H,16,18,20H2,1-6H3,(H2,39,41)(H,44,48)/t28-/m1/s1. The normalized spacial score (nSPS) is 12.4. The minimum atomic E-state index is -2.95. The van der Waals surface area contributed by atoms with E-state index in [0.29, 0.717) is 18.5 Å². The van der Waals surface area contributed by atoms with Crippen LogP contribution in [-0.2, 0) is 4.74 Å². The molecular weight excluding hydrogens is 654 g/mol. The van der Waals surface area contributed by atoms with Gasteiger partial charge in [-0.15, -0.1) is 0 Å². The Morgan fingerprint density at radius 3 is 2.35 bits per heavy atom. The number of ether oxygens (including phenoxy) is 1. The smallest absolute Gasteiger partial charge is 0.407 e. The largest absolute Gasteiger partial charge is 0.447 e. The van der Waals surface area contributed by atoms with Gasteiger partial charge in [-0.2, -0.15) is 5.10 Å². The van der Waals surface area contributed by atoms with Crippen molar-refractivity contribution < 1.29 is 23.1 Å². The molecule has 0 saturated carbocycles. The van der Waals surface area contributed by atoms with Crippen molar-refractivity contribution in [2.75, 3.05) is 13.2 Å². The fraction of sp³-hybridized carbons (Fsp3) is 0.371. The zero-order valence-corrected chi connectivity index (χ0v) is 29.1. The average molecular weight is 695 g/mol. The summed E-state index contributed by atoms with van der Waals surface area (Å²) < 4.78 is 34.2. The van der Waals surface area contributed by atoms with Crippen LogP contribution in [0.5, 0.6) is 0 Å². The maximum Gasteiger partial charge on any atom is 0.407 e. The number of halogens is 3. The van der Waals surface area contributed by atoms with Crippen LogP contribution in [0.15, 0.2) is 73.2 Å². The van der Waals surface area contributed by atoms with Gasteiger partial charge in [-0.25, -0.2) is 23.2 Å². The van der Waals surface area contributed by atoms with E-state index in [1.165, 1.54) is 17.0 Å². The van der Waals surface area contributed by atoms with Gasteiger partial charge in [0.15, 0.2) is 11.8 Å². The average Bonchev–Trinajstić information content (AvgIpc) is 3.52. The number of rotatable bonds is 10. The number of nitrogens with one attached hydrogen (secondary N) is 3. The first-order valence-electron chi connectivity index (χ1n) is 15.6. The molecule has 1 atom stereocenters. The van der Waals surface area contributed by atoms with Gasteiger partial charge in [0.2, 0.25) is 0 Å². The highest BCUT2D eigenvalue weighted by Crippen LogP contribution is 2.31. The molecule has 0 fully saturated rings. The van der Waals surface area contributed by atoms with Gasteiger partial charge in [0.25, 0.3) is 12.3 Å². The Bertz CT molecular complexity index is 1750. The maximum absolute atomic E-state index is 14.4. The molecule has 0 aliphatic carbocycles. The van der Waals surface area contributed by atoms with Gasteiger partial charge < -0.3 is 15.4 Å². The Kier molecular flexibility index (Phi) is 11.7. The number of hydrogen-bond acceptors (Lipinski definition) is 7. The fourth-order valence-corrected chi connectivity index (χ4v) is 4.99. The van der Waals surface area contributed by atoms with Crippen LogP contribution >= 0.6 is 11.6 Å². The Hall–Kier alpha value is -4.91. The van der Waals surface area contributed by atoms with Gasteiger partial charge in [-0.1, -0.05) is 56.6 Å². The Labute approximate surface area is 289 Å². The topological polar surface area (TPSA) is 138 Å². The zero-order valence-electron chi connectivity index (χ0n) is 28.3. The highest BCUT2D eigenvalue weighted by molar-refractivity contribution is 6.32. The number of carbonyl (C=O) groups excluding carboxylic acids is 2. The van der Waals surface area contributed by atoms with E-state index < -0.39 is 42.4 Å². The molecule has 0 unspecified atom stereocenters. The molecule has 0 spiro atoms. The third-order valence-corrected chi connectivity index (χ3v) is 7.55. The van der Waals surface area contributed by atoms with Crippen molar-refractivity contribution in [1.29, 1.82) is 5.41 Å². The molecule has 4 aromatic rings. The van der Waals surface area contributed by atoms with Gasteiger partial charge in [0.1, 0.15) is 12.9 Å². The number of hydrogen-bond donors (Lipinski definition) is 3. The second-order valence-electron chi connectivity index (χ2n) is 13.6. The summed E-state index contributed by atoms with van der Waals surface area (Å²) in [7, 11) is 0. The number of alkyl carbamates (subject to hydrolysis) is 1. The molecule has 260 valence electrons. The monoisotopic (exact) mass is 694 g/mol. The number of aromatic nitrogens is 4. The fourth-order valence-electron chi connectivity index (χ4n) is 4.80. The van der Waals surface area contributed by atoms with Gasteiger partial charge >= 0.3 is 6.09 Å². The first kappa shape index (κ1) is 36.9. The van der Waals surface area contributed by atoms with E-state index in [2.05, 4.69) is 46.5 Å². The van der Waals surface area contributed by atoms with Crippen molar-refractivity contribution in [2.45, 2.75) is 66.0 Å². The lowest BCUT2D eigenvalue weighted by molar-refractivity contribution is 0.0686. The van der Waals surface area contributed by atoms with E-state index in [1.54, 1.807) is 63.4 Å². The van der Waals surface area contributed by atoms with E-state index in [0.717, 1.165) is 22.3 Å². The number of pyridine rings is 1. The first-order chi connectivity index (χ1) is 23.0. The third-order valence-electron chi connectivity index (χ3n) is 7.23. The predicted molar refractivity (Wildman–Crippen MR) is 184 cm³/mol. The van der Waals surface area contributed by atoms with Gasteiger partial charge in [-0.05, 0) is 74.6 Å². The highest BCUT2D eigenvalue weighted by Gasteiger charge is 2.33. The summed E-state index contributed by atoms with van der Waals surface area (Å²) in [4.78, 5) is 36.5. The molecule has 2 aromatic carbocycles. The van der Waals surface area contributed by atoms with Crippen LogP contribution in [-0.4, -0.2) is 61.3 Å². The molecule has 11 nitrogen and oxygen atoms in total. The van der Waals surface area contributed by atoms with E-state index in [9.17, 15) is 18.4 Å². The predicted octanol–water partition coefficient (Wildman–Crippen LogP) is 7.59. The quantitative estimate of drug-likeness (QED) is 0.115. The summed E-state index contributed by atoms with van der Waals surface area (Å²) in [5.41, 5.74) is 1.46. The SMILES string of the molecule is CC(C)(C)CCNC(=N)N(C(=O)c1ccc(-c2ccccn2)cc1)[C@H](COC(=O)NC(C)(C)C)c1ccc(Cl)c(-n2ncnc2C(F)F)c1. The van der Waals surface area contributed by atoms with Crippen LogP contribution < -0.4 is 10.6 Å². The summed E-state index contributed by atoms with van der Waals surface area (Å²) in [6.07, 6.45) is -0.358. The van der Waals surface area contributed by atoms with E-state index >= 15 is 0 Å². The minimum Gasteiger partial charge on any atom is -0.447 e. The number of guanidine groups is 1. The van der Waals surface area contributed by atoms with Crippen molar-refractivity contribution in [1.82, 2.24) is 35.3 Å². The third kappa shape index (κ3) is 10.0. The number of alkyl halides is 2. The minimum absolute atomic E-state index is 0.0652. The summed E-state index contributed by atoms with van der Waals surface area (Å²) in [5.74, 6) is -1.46. The second kappa shape index (κ2) is 15.5. The summed E-state index contributed by atoms with van der Waals surface area (Å²) in [6, 6.07) is 15.7. The van der Waals surface area contributed by atoms with Crippen molar-refractivity contribution in [2.24, 2.45) is 5.41 Å². The van der Waals surface area contributed by atoms with Crippen LogP contribution in [0.2, 0.25) is 5.02 Å². The molecule has 0 aliphatic rings. The molecule has 4 rings (SSSR count). The highest BCUT2D eigenvalue weighted by atomic mass is 35.5. The van der Waals surface area contributed by atoms with Crippen molar-refractivity contribution in [3.8, 4) is 16.9 Å². The summed E-state index contributed by atoms with van der Waals surface area (Å²) in [6.45, 7) is 11.5. The molecule has 0 saturated heterocycles. The molecule has 49 heavy (non-hydrogen) atoms. The number of nitrogens with zero attached hydrogens (tertiary/aromatic N) is 5. The van der Waals surface area contributed by atoms with Gasteiger partial charge in [-0.3, -0.25) is 20.1 Å². The maximum atomic E-state index is 14.4. The molecule has 2 aromatic heterocycles. The number of amides is 2. The van der Waals surface area contributed by atoms with Crippen LogP contribution in [0.3, 0.4) is 0 Å². The molecular formula is C35H41ClF2N8O3. The van der Waals surface area contributed by atoms with Crippen molar-refractivity contribution >= 4 is 29.6 Å². The van der Waals surface area contributed by atoms with E-state index in [1.807, 2.05) is 12.1 Å².